The Morgan fingerprint density at radius 1 is 1.26 bits per heavy atom. The fourth-order valence-electron chi connectivity index (χ4n) is 2.96. The molecule has 0 saturated carbocycles. The molecule has 1 aliphatic heterocycles. The van der Waals surface area contributed by atoms with Crippen molar-refractivity contribution in [2.45, 2.75) is 19.9 Å². The minimum absolute atomic E-state index is 0.111. The lowest BCUT2D eigenvalue weighted by atomic mass is 10.1. The van der Waals surface area contributed by atoms with Gasteiger partial charge in [-0.1, -0.05) is 6.07 Å². The van der Waals surface area contributed by atoms with Crippen molar-refractivity contribution in [3.63, 3.8) is 0 Å². The summed E-state index contributed by atoms with van der Waals surface area (Å²) in [5, 5.41) is 2.85. The molecule has 27 heavy (non-hydrogen) atoms. The van der Waals surface area contributed by atoms with Crippen molar-refractivity contribution in [2.24, 2.45) is 5.92 Å². The Morgan fingerprint density at radius 3 is 2.70 bits per heavy atom. The van der Waals surface area contributed by atoms with E-state index in [-0.39, 0.29) is 18.2 Å². The van der Waals surface area contributed by atoms with E-state index in [0.717, 1.165) is 5.56 Å². The number of nitrogens with zero attached hydrogens (tertiary/aromatic N) is 2. The second-order valence-electron chi connectivity index (χ2n) is 6.25. The van der Waals surface area contributed by atoms with Crippen molar-refractivity contribution in [3.8, 4) is 0 Å². The molecule has 1 aliphatic rings. The molecule has 2 heterocycles. The first-order chi connectivity index (χ1) is 13.1. The highest BCUT2D eigenvalue weighted by Crippen LogP contribution is 2.25. The number of nitrogens with one attached hydrogen (secondary N) is 1. The van der Waals surface area contributed by atoms with Crippen LogP contribution in [0.3, 0.4) is 0 Å². The van der Waals surface area contributed by atoms with Gasteiger partial charge in [-0.2, -0.15) is 0 Å². The van der Waals surface area contributed by atoms with Gasteiger partial charge in [-0.05, 0) is 42.8 Å². The van der Waals surface area contributed by atoms with Crippen molar-refractivity contribution >= 4 is 23.5 Å². The van der Waals surface area contributed by atoms with Crippen molar-refractivity contribution in [3.05, 3.63) is 59.9 Å². The molecule has 140 valence electrons. The molecular weight excluding hydrogens is 346 g/mol. The highest BCUT2D eigenvalue weighted by Gasteiger charge is 2.35. The summed E-state index contributed by atoms with van der Waals surface area (Å²) < 4.78 is 4.95. The fourth-order valence-corrected chi connectivity index (χ4v) is 2.96. The van der Waals surface area contributed by atoms with Gasteiger partial charge in [0.2, 0.25) is 11.8 Å². The predicted molar refractivity (Wildman–Crippen MR) is 98.9 cm³/mol. The maximum Gasteiger partial charge on any atom is 0.338 e. The highest BCUT2D eigenvalue weighted by atomic mass is 16.5. The Labute approximate surface area is 157 Å². The van der Waals surface area contributed by atoms with Crippen molar-refractivity contribution in [1.29, 1.82) is 0 Å². The van der Waals surface area contributed by atoms with Crippen molar-refractivity contribution in [1.82, 2.24) is 10.3 Å². The van der Waals surface area contributed by atoms with Crippen molar-refractivity contribution < 1.29 is 19.1 Å². The van der Waals surface area contributed by atoms with E-state index in [2.05, 4.69) is 10.3 Å². The highest BCUT2D eigenvalue weighted by molar-refractivity contribution is 6.00. The zero-order valence-corrected chi connectivity index (χ0v) is 15.1. The first kappa shape index (κ1) is 18.6. The van der Waals surface area contributed by atoms with Crippen LogP contribution in [0.1, 0.15) is 29.3 Å². The quantitative estimate of drug-likeness (QED) is 0.788. The Kier molecular flexibility index (Phi) is 5.80. The van der Waals surface area contributed by atoms with Gasteiger partial charge in [-0.15, -0.1) is 0 Å². The number of esters is 1. The maximum atomic E-state index is 12.4. The Bertz CT molecular complexity index is 821. The normalized spacial score (nSPS) is 16.3. The van der Waals surface area contributed by atoms with Gasteiger partial charge < -0.3 is 15.0 Å². The fraction of sp³-hybridized carbons (Fsp3) is 0.300. The van der Waals surface area contributed by atoms with Crippen LogP contribution in [0.2, 0.25) is 0 Å². The average Bonchev–Trinajstić information content (AvgIpc) is 3.09. The van der Waals surface area contributed by atoms with E-state index in [1.807, 2.05) is 12.1 Å². The molecule has 1 aromatic carbocycles. The second-order valence-corrected chi connectivity index (χ2v) is 6.25. The first-order valence-electron chi connectivity index (χ1n) is 8.82. The number of hydrogen-bond donors (Lipinski definition) is 1. The van der Waals surface area contributed by atoms with Gasteiger partial charge >= 0.3 is 5.97 Å². The number of carbonyl (C=O) groups is 3. The molecule has 1 aromatic heterocycles. The summed E-state index contributed by atoms with van der Waals surface area (Å²) >= 11 is 0. The van der Waals surface area contributed by atoms with Crippen LogP contribution < -0.4 is 10.2 Å². The van der Waals surface area contributed by atoms with Crippen LogP contribution in [0.4, 0.5) is 5.69 Å². The summed E-state index contributed by atoms with van der Waals surface area (Å²) in [5.74, 6) is -1.07. The van der Waals surface area contributed by atoms with Crippen LogP contribution in [-0.4, -0.2) is 35.9 Å². The maximum absolute atomic E-state index is 12.4. The second kappa shape index (κ2) is 8.44. The molecule has 2 aromatic rings. The average molecular weight is 367 g/mol. The van der Waals surface area contributed by atoms with Crippen LogP contribution >= 0.6 is 0 Å². The number of rotatable bonds is 6. The van der Waals surface area contributed by atoms with E-state index in [0.29, 0.717) is 30.9 Å². The smallest absolute Gasteiger partial charge is 0.338 e. The monoisotopic (exact) mass is 367 g/mol. The Morgan fingerprint density at radius 2 is 2.04 bits per heavy atom. The van der Waals surface area contributed by atoms with Crippen molar-refractivity contribution in [2.75, 3.05) is 18.1 Å². The number of benzene rings is 1. The molecule has 0 aliphatic carbocycles. The number of anilines is 1. The van der Waals surface area contributed by atoms with Gasteiger partial charge in [0.15, 0.2) is 0 Å². The number of aromatic nitrogens is 1. The molecule has 2 amide bonds. The van der Waals surface area contributed by atoms with E-state index in [4.69, 9.17) is 4.74 Å². The number of hydrogen-bond acceptors (Lipinski definition) is 5. The standard InChI is InChI=1S/C20H21N3O4/c1-2-27-20(26)15-5-7-17(8-6-15)23-13-16(10-18(23)24)19(25)22-12-14-4-3-9-21-11-14/h3-9,11,16H,2,10,12-13H2,1H3,(H,22,25). The summed E-state index contributed by atoms with van der Waals surface area (Å²) in [5.41, 5.74) is 2.00. The number of carbonyl (C=O) groups excluding carboxylic acids is 3. The lowest BCUT2D eigenvalue weighted by Crippen LogP contribution is -2.32. The lowest BCUT2D eigenvalue weighted by molar-refractivity contribution is -0.126. The molecule has 0 radical (unpaired) electrons. The molecule has 1 saturated heterocycles. The van der Waals surface area contributed by atoms with E-state index in [1.54, 1.807) is 48.5 Å². The van der Waals surface area contributed by atoms with Crippen LogP contribution in [-0.2, 0) is 20.9 Å². The third-order valence-corrected chi connectivity index (χ3v) is 4.38. The van der Waals surface area contributed by atoms with Gasteiger partial charge in [-0.25, -0.2) is 4.79 Å². The van der Waals surface area contributed by atoms with Gasteiger partial charge in [0.1, 0.15) is 0 Å². The minimum Gasteiger partial charge on any atom is -0.462 e. The molecule has 0 spiro atoms. The molecule has 1 N–H and O–H groups in total. The number of pyridine rings is 1. The van der Waals surface area contributed by atoms with Gasteiger partial charge in [-0.3, -0.25) is 14.6 Å². The Hall–Kier alpha value is -3.22. The summed E-state index contributed by atoms with van der Waals surface area (Å²) in [4.78, 5) is 42.0. The van der Waals surface area contributed by atoms with Crippen LogP contribution in [0.25, 0.3) is 0 Å². The lowest BCUT2D eigenvalue weighted by Gasteiger charge is -2.17. The van der Waals surface area contributed by atoms with Gasteiger partial charge in [0, 0.05) is 37.6 Å². The number of ether oxygens (including phenoxy) is 1. The number of amides is 2. The summed E-state index contributed by atoms with van der Waals surface area (Å²) in [6, 6.07) is 10.3. The van der Waals surface area contributed by atoms with E-state index in [9.17, 15) is 14.4 Å². The third kappa shape index (κ3) is 4.49. The molecule has 1 unspecified atom stereocenters. The molecule has 7 heteroatoms. The van der Waals surface area contributed by atoms with Crippen LogP contribution in [0, 0.1) is 5.92 Å². The minimum atomic E-state index is -0.404. The Balaban J connectivity index is 1.59. The summed E-state index contributed by atoms with van der Waals surface area (Å²) in [7, 11) is 0. The molecule has 3 rings (SSSR count). The third-order valence-electron chi connectivity index (χ3n) is 4.38. The topological polar surface area (TPSA) is 88.6 Å². The van der Waals surface area contributed by atoms with Gasteiger partial charge in [0.25, 0.3) is 0 Å². The molecule has 7 nitrogen and oxygen atoms in total. The summed E-state index contributed by atoms with van der Waals surface area (Å²) in [6.45, 7) is 2.75. The van der Waals surface area contributed by atoms with Gasteiger partial charge in [0.05, 0.1) is 18.1 Å². The molecule has 1 fully saturated rings. The largest absolute Gasteiger partial charge is 0.462 e. The van der Waals surface area contributed by atoms with E-state index in [1.165, 1.54) is 0 Å². The SMILES string of the molecule is CCOC(=O)c1ccc(N2CC(C(=O)NCc3cccnc3)CC2=O)cc1. The first-order valence-corrected chi connectivity index (χ1v) is 8.82. The molecule has 1 atom stereocenters. The van der Waals surface area contributed by atoms with Crippen LogP contribution in [0.15, 0.2) is 48.8 Å². The summed E-state index contributed by atoms with van der Waals surface area (Å²) in [6.07, 6.45) is 3.53. The predicted octanol–water partition coefficient (Wildman–Crippen LogP) is 1.93. The van der Waals surface area contributed by atoms with E-state index < -0.39 is 11.9 Å². The zero-order valence-electron chi connectivity index (χ0n) is 15.1. The molecular formula is C20H21N3O4. The zero-order chi connectivity index (χ0) is 19.2. The van der Waals surface area contributed by atoms with Crippen LogP contribution in [0.5, 0.6) is 0 Å². The van der Waals surface area contributed by atoms with E-state index >= 15 is 0 Å². The molecule has 0 bridgehead atoms.